The van der Waals surface area contributed by atoms with E-state index >= 15 is 0 Å². The van der Waals surface area contributed by atoms with Crippen LogP contribution in [0, 0.1) is 0 Å². The quantitative estimate of drug-likeness (QED) is 0.354. The minimum Gasteiger partial charge on any atom is -0.412 e. The van der Waals surface area contributed by atoms with Crippen molar-refractivity contribution in [2.45, 2.75) is 25.7 Å². The Kier molecular flexibility index (Phi) is 5.27. The molecule has 0 bridgehead atoms. The van der Waals surface area contributed by atoms with E-state index in [1.54, 1.807) is 0 Å². The van der Waals surface area contributed by atoms with Gasteiger partial charge in [-0.25, -0.2) is 0 Å². The van der Waals surface area contributed by atoms with E-state index in [9.17, 15) is 0 Å². The molecule has 0 amide bonds. The number of aryl methyl sites for hydroxylation is 2. The van der Waals surface area contributed by atoms with E-state index in [4.69, 9.17) is 0 Å². The van der Waals surface area contributed by atoms with E-state index in [1.165, 1.54) is 36.9 Å². The molecule has 70 valence electrons. The summed E-state index contributed by atoms with van der Waals surface area (Å²) in [7, 11) is 0. The lowest BCUT2D eigenvalue weighted by molar-refractivity contribution is 0.675. The first-order valence-electron chi connectivity index (χ1n) is 3.81. The number of hydrogen-bond donors (Lipinski definition) is 3. The van der Waals surface area contributed by atoms with E-state index in [1.807, 2.05) is 6.20 Å². The van der Waals surface area contributed by atoms with Crippen LogP contribution in [0.2, 0.25) is 0 Å². The molecule has 1 aliphatic carbocycles. The van der Waals surface area contributed by atoms with Crippen molar-refractivity contribution in [3.05, 3.63) is 17.5 Å². The van der Waals surface area contributed by atoms with Crippen LogP contribution >= 0.6 is 0 Å². The highest BCUT2D eigenvalue weighted by Gasteiger charge is 2.08. The van der Waals surface area contributed by atoms with Crippen LogP contribution in [0.4, 0.5) is 0 Å². The van der Waals surface area contributed by atoms with Crippen molar-refractivity contribution in [2.75, 3.05) is 0 Å². The summed E-state index contributed by atoms with van der Waals surface area (Å²) in [6.07, 6.45) is 7.05. The first-order valence-corrected chi connectivity index (χ1v) is 3.81. The van der Waals surface area contributed by atoms with Gasteiger partial charge in [-0.3, -0.25) is 16.8 Å². The minimum atomic E-state index is 0. The fourth-order valence-corrected chi connectivity index (χ4v) is 1.39. The van der Waals surface area contributed by atoms with Gasteiger partial charge >= 0.3 is 0 Å². The van der Waals surface area contributed by atoms with Gasteiger partial charge in [0.2, 0.25) is 0 Å². The molecule has 5 nitrogen and oxygen atoms in total. The Balaban J connectivity index is 0.000000378. The van der Waals surface area contributed by atoms with Crippen molar-refractivity contribution in [1.82, 2.24) is 10.2 Å². The van der Waals surface area contributed by atoms with Crippen molar-refractivity contribution >= 4 is 0 Å². The Labute approximate surface area is 71.4 Å². The van der Waals surface area contributed by atoms with E-state index in [0.717, 1.165) is 0 Å². The molecule has 0 radical (unpaired) electrons. The molecule has 2 rings (SSSR count). The molecule has 1 heterocycles. The molecular formula is C7H16N4O. The Bertz CT molecular complexity index is 190. The van der Waals surface area contributed by atoms with Crippen molar-refractivity contribution < 1.29 is 5.48 Å². The summed E-state index contributed by atoms with van der Waals surface area (Å²) in [5, 5.41) is 6.99. The highest BCUT2D eigenvalue weighted by Crippen LogP contribution is 2.17. The molecule has 0 saturated heterocycles. The van der Waals surface area contributed by atoms with Gasteiger partial charge in [0.25, 0.3) is 0 Å². The smallest absolute Gasteiger partial charge is 0.0522 e. The average molecular weight is 172 g/mol. The van der Waals surface area contributed by atoms with E-state index in [2.05, 4.69) is 21.9 Å². The topological polar surface area (TPSA) is 112 Å². The first kappa shape index (κ1) is 11.1. The number of nitrogens with two attached hydrogens (primary N) is 2. The van der Waals surface area contributed by atoms with Gasteiger partial charge in [0.05, 0.1) is 6.20 Å². The molecule has 0 atom stereocenters. The summed E-state index contributed by atoms with van der Waals surface area (Å²) in [4.78, 5) is 0. The van der Waals surface area contributed by atoms with Crippen molar-refractivity contribution in [1.29, 1.82) is 0 Å². The highest BCUT2D eigenvalue weighted by atomic mass is 16.0. The zero-order chi connectivity index (χ0) is 8.10. The van der Waals surface area contributed by atoms with Crippen molar-refractivity contribution in [3.63, 3.8) is 0 Å². The SMILES string of the molecule is NN.O.c1n[nH]c2c1CCCC2. The number of fused-ring (bicyclic) bond motifs is 1. The minimum absolute atomic E-state index is 0. The van der Waals surface area contributed by atoms with Gasteiger partial charge in [-0.15, -0.1) is 0 Å². The maximum absolute atomic E-state index is 4.00. The van der Waals surface area contributed by atoms with E-state index in [0.29, 0.717) is 0 Å². The average Bonchev–Trinajstić information content (AvgIpc) is 2.55. The van der Waals surface area contributed by atoms with Crippen LogP contribution in [-0.2, 0) is 12.8 Å². The van der Waals surface area contributed by atoms with Crippen LogP contribution in [-0.4, -0.2) is 15.7 Å². The molecule has 12 heavy (non-hydrogen) atoms. The van der Waals surface area contributed by atoms with Crippen molar-refractivity contribution in [2.24, 2.45) is 11.7 Å². The Morgan fingerprint density at radius 2 is 1.92 bits per heavy atom. The van der Waals surface area contributed by atoms with Gasteiger partial charge in [0, 0.05) is 5.69 Å². The van der Waals surface area contributed by atoms with E-state index in [-0.39, 0.29) is 5.48 Å². The van der Waals surface area contributed by atoms with Crippen molar-refractivity contribution in [3.8, 4) is 0 Å². The lowest BCUT2D eigenvalue weighted by Gasteiger charge is -2.07. The normalized spacial score (nSPS) is 13.5. The maximum Gasteiger partial charge on any atom is 0.0522 e. The fraction of sp³-hybridized carbons (Fsp3) is 0.571. The molecular weight excluding hydrogens is 156 g/mol. The molecule has 1 aromatic rings. The van der Waals surface area contributed by atoms with Gasteiger partial charge < -0.3 is 5.48 Å². The van der Waals surface area contributed by atoms with Crippen LogP contribution in [0.5, 0.6) is 0 Å². The highest BCUT2D eigenvalue weighted by molar-refractivity contribution is 5.18. The summed E-state index contributed by atoms with van der Waals surface area (Å²) in [5.74, 6) is 8.00. The molecule has 0 aromatic carbocycles. The molecule has 0 fully saturated rings. The van der Waals surface area contributed by atoms with Crippen LogP contribution in [0.15, 0.2) is 6.20 Å². The third-order valence-electron chi connectivity index (χ3n) is 1.93. The standard InChI is InChI=1S/C7H10N2.H4N2.H2O/c1-2-4-7-6(3-1)5-8-9-7;1-2;/h5H,1-4H2,(H,8,9);1-2H2;1H2. The molecule has 0 saturated carbocycles. The van der Waals surface area contributed by atoms with Gasteiger partial charge in [0.15, 0.2) is 0 Å². The number of H-pyrrole nitrogens is 1. The monoisotopic (exact) mass is 172 g/mol. The Hall–Kier alpha value is -0.910. The van der Waals surface area contributed by atoms with Gasteiger partial charge in [0.1, 0.15) is 0 Å². The van der Waals surface area contributed by atoms with Crippen LogP contribution < -0.4 is 11.7 Å². The summed E-state index contributed by atoms with van der Waals surface area (Å²) in [6.45, 7) is 0. The zero-order valence-corrected chi connectivity index (χ0v) is 7.01. The molecule has 5 heteroatoms. The fourth-order valence-electron chi connectivity index (χ4n) is 1.39. The second-order valence-electron chi connectivity index (χ2n) is 2.58. The lowest BCUT2D eigenvalue weighted by Crippen LogP contribution is -2.02. The number of aromatic nitrogens is 2. The maximum atomic E-state index is 4.00. The number of hydrazine groups is 1. The lowest BCUT2D eigenvalue weighted by atomic mass is 9.99. The largest absolute Gasteiger partial charge is 0.412 e. The summed E-state index contributed by atoms with van der Waals surface area (Å²) in [5.41, 5.74) is 2.79. The van der Waals surface area contributed by atoms with Gasteiger partial charge in [-0.05, 0) is 31.2 Å². The van der Waals surface area contributed by atoms with Crippen LogP contribution in [0.1, 0.15) is 24.1 Å². The third-order valence-corrected chi connectivity index (χ3v) is 1.93. The van der Waals surface area contributed by atoms with Gasteiger partial charge in [-0.2, -0.15) is 5.10 Å². The van der Waals surface area contributed by atoms with E-state index < -0.39 is 0 Å². The van der Waals surface area contributed by atoms with Crippen LogP contribution in [0.25, 0.3) is 0 Å². The number of nitrogens with one attached hydrogen (secondary N) is 1. The number of rotatable bonds is 0. The molecule has 0 unspecified atom stereocenters. The van der Waals surface area contributed by atoms with Crippen LogP contribution in [0.3, 0.4) is 0 Å². The predicted molar refractivity (Wildman–Crippen MR) is 47.2 cm³/mol. The van der Waals surface area contributed by atoms with Gasteiger partial charge in [-0.1, -0.05) is 0 Å². The first-order chi connectivity index (χ1) is 5.47. The second-order valence-corrected chi connectivity index (χ2v) is 2.58. The number of hydrogen-bond acceptors (Lipinski definition) is 3. The summed E-state index contributed by atoms with van der Waals surface area (Å²) >= 11 is 0. The summed E-state index contributed by atoms with van der Waals surface area (Å²) < 4.78 is 0. The zero-order valence-electron chi connectivity index (χ0n) is 7.01. The molecule has 0 aliphatic heterocycles. The second kappa shape index (κ2) is 5.70. The third kappa shape index (κ3) is 2.30. The number of aromatic amines is 1. The Morgan fingerprint density at radius 1 is 1.25 bits per heavy atom. The Morgan fingerprint density at radius 3 is 2.58 bits per heavy atom. The predicted octanol–water partition coefficient (Wildman–Crippen LogP) is -0.717. The molecule has 0 spiro atoms. The number of nitrogens with zero attached hydrogens (tertiary/aromatic N) is 1. The molecule has 7 N–H and O–H groups in total. The summed E-state index contributed by atoms with van der Waals surface area (Å²) in [6, 6.07) is 0. The molecule has 1 aromatic heterocycles. The molecule has 1 aliphatic rings.